The molecule has 174 valence electrons. The predicted molar refractivity (Wildman–Crippen MR) is 132 cm³/mol. The first-order valence-corrected chi connectivity index (χ1v) is 12.6. The fraction of sp³-hybridized carbons (Fsp3) is 0.500. The number of aromatic nitrogens is 1. The number of piperidine rings is 1. The summed E-state index contributed by atoms with van der Waals surface area (Å²) < 4.78 is 5.47. The largest absolute Gasteiger partial charge is 0.504 e. The molecule has 0 spiro atoms. The molecule has 0 amide bonds. The van der Waals surface area contributed by atoms with E-state index in [1.165, 1.54) is 59.1 Å². The Bertz CT molecular complexity index is 1170. The number of ether oxygens (including phenoxy) is 1. The van der Waals surface area contributed by atoms with Crippen molar-refractivity contribution in [3.8, 4) is 11.5 Å². The molecule has 5 heteroatoms. The van der Waals surface area contributed by atoms with Crippen molar-refractivity contribution in [2.75, 3.05) is 26.7 Å². The molecule has 1 saturated heterocycles. The number of hydrogen-bond acceptors (Lipinski definition) is 4. The fourth-order valence-electron chi connectivity index (χ4n) is 6.87. The standard InChI is InChI=1S/C28H35N3O2/c1-3-17-16-31-11-9-18-14-26(32)27(33-2)15-22(18)25(31)13-19(17)12-24-28-21(8-10-29-24)20-6-4-5-7-23(20)30-28/h4-7,14-15,17,19,24-25,29-30,32H,3,8-13,16H2,1-2H3/t17-,19-,24+,25-/m0/s1. The van der Waals surface area contributed by atoms with E-state index in [4.69, 9.17) is 4.74 Å². The number of aromatic hydroxyl groups is 1. The minimum absolute atomic E-state index is 0.265. The molecule has 0 unspecified atom stereocenters. The summed E-state index contributed by atoms with van der Waals surface area (Å²) in [6.45, 7) is 5.67. The van der Waals surface area contributed by atoms with Crippen LogP contribution in [0, 0.1) is 11.8 Å². The van der Waals surface area contributed by atoms with E-state index in [0.717, 1.165) is 31.8 Å². The van der Waals surface area contributed by atoms with Gasteiger partial charge < -0.3 is 20.1 Å². The number of methoxy groups -OCH3 is 1. The average molecular weight is 446 g/mol. The molecule has 1 fully saturated rings. The Hall–Kier alpha value is -2.50. The maximum absolute atomic E-state index is 10.3. The lowest BCUT2D eigenvalue weighted by Crippen LogP contribution is -2.46. The van der Waals surface area contributed by atoms with E-state index in [9.17, 15) is 5.11 Å². The molecular weight excluding hydrogens is 410 g/mol. The molecule has 3 N–H and O–H groups in total. The van der Waals surface area contributed by atoms with Crippen LogP contribution in [0.25, 0.3) is 10.9 Å². The number of rotatable bonds is 4. The van der Waals surface area contributed by atoms with Crippen LogP contribution in [0.4, 0.5) is 0 Å². The average Bonchev–Trinajstić information content (AvgIpc) is 3.23. The number of para-hydroxylation sites is 1. The van der Waals surface area contributed by atoms with Crippen LogP contribution in [0.2, 0.25) is 0 Å². The van der Waals surface area contributed by atoms with Crippen molar-refractivity contribution in [2.45, 2.75) is 51.1 Å². The molecular formula is C28H35N3O2. The molecule has 6 rings (SSSR count). The summed E-state index contributed by atoms with van der Waals surface area (Å²) in [6, 6.07) is 13.6. The lowest BCUT2D eigenvalue weighted by Gasteiger charge is -2.48. The summed E-state index contributed by atoms with van der Waals surface area (Å²) >= 11 is 0. The predicted octanol–water partition coefficient (Wildman–Crippen LogP) is 5.10. The molecule has 3 aliphatic rings. The van der Waals surface area contributed by atoms with Gasteiger partial charge in [0.05, 0.1) is 7.11 Å². The quantitative estimate of drug-likeness (QED) is 0.523. The molecule has 4 heterocycles. The van der Waals surface area contributed by atoms with Gasteiger partial charge >= 0.3 is 0 Å². The Kier molecular flexibility index (Phi) is 5.34. The van der Waals surface area contributed by atoms with Gasteiger partial charge in [-0.1, -0.05) is 31.5 Å². The highest BCUT2D eigenvalue weighted by atomic mass is 16.5. The second-order valence-electron chi connectivity index (χ2n) is 10.2. The van der Waals surface area contributed by atoms with Crippen LogP contribution in [-0.2, 0) is 12.8 Å². The zero-order valence-electron chi connectivity index (χ0n) is 19.7. The summed E-state index contributed by atoms with van der Waals surface area (Å²) in [5, 5.41) is 15.6. The van der Waals surface area contributed by atoms with E-state index in [-0.39, 0.29) is 5.75 Å². The smallest absolute Gasteiger partial charge is 0.160 e. The van der Waals surface area contributed by atoms with Gasteiger partial charge in [0.25, 0.3) is 0 Å². The molecule has 33 heavy (non-hydrogen) atoms. The number of nitrogens with zero attached hydrogens (tertiary/aromatic N) is 1. The summed E-state index contributed by atoms with van der Waals surface area (Å²) in [5.41, 5.74) is 6.85. The molecule has 1 aromatic heterocycles. The van der Waals surface area contributed by atoms with Crippen LogP contribution in [0.15, 0.2) is 36.4 Å². The number of benzene rings is 2. The van der Waals surface area contributed by atoms with E-state index >= 15 is 0 Å². The zero-order chi connectivity index (χ0) is 22.5. The topological polar surface area (TPSA) is 60.5 Å². The molecule has 4 atom stereocenters. The maximum atomic E-state index is 10.3. The SMILES string of the molecule is CC[C@H]1CN2CCc3cc(O)c(OC)cc3[C@@H]2C[C@@H]1C[C@H]1NCCc2c1[nH]c1ccccc21. The van der Waals surface area contributed by atoms with Gasteiger partial charge in [0, 0.05) is 41.8 Å². The number of phenols is 1. The molecule has 3 aliphatic heterocycles. The summed E-state index contributed by atoms with van der Waals surface area (Å²) in [6.07, 6.45) is 5.68. The van der Waals surface area contributed by atoms with Crippen LogP contribution >= 0.6 is 0 Å². The van der Waals surface area contributed by atoms with Crippen molar-refractivity contribution in [3.05, 3.63) is 58.8 Å². The Morgan fingerprint density at radius 2 is 2.03 bits per heavy atom. The second-order valence-corrected chi connectivity index (χ2v) is 10.2. The van der Waals surface area contributed by atoms with Crippen LogP contribution in [-0.4, -0.2) is 41.7 Å². The van der Waals surface area contributed by atoms with E-state index < -0.39 is 0 Å². The van der Waals surface area contributed by atoms with E-state index in [2.05, 4.69) is 52.5 Å². The van der Waals surface area contributed by atoms with Crippen LogP contribution < -0.4 is 10.1 Å². The van der Waals surface area contributed by atoms with Gasteiger partial charge in [-0.05, 0) is 79.0 Å². The third-order valence-electron chi connectivity index (χ3n) is 8.59. The highest BCUT2D eigenvalue weighted by Crippen LogP contribution is 2.47. The van der Waals surface area contributed by atoms with Crippen LogP contribution in [0.5, 0.6) is 11.5 Å². The van der Waals surface area contributed by atoms with Gasteiger partial charge in [-0.15, -0.1) is 0 Å². The Balaban J connectivity index is 1.30. The van der Waals surface area contributed by atoms with Gasteiger partial charge in [-0.2, -0.15) is 0 Å². The van der Waals surface area contributed by atoms with Crippen molar-refractivity contribution in [3.63, 3.8) is 0 Å². The minimum Gasteiger partial charge on any atom is -0.504 e. The summed E-state index contributed by atoms with van der Waals surface area (Å²) in [7, 11) is 1.64. The summed E-state index contributed by atoms with van der Waals surface area (Å²) in [5.74, 6) is 2.25. The van der Waals surface area contributed by atoms with E-state index in [1.54, 1.807) is 7.11 Å². The monoisotopic (exact) mass is 445 g/mol. The first kappa shape index (κ1) is 21.1. The van der Waals surface area contributed by atoms with Crippen molar-refractivity contribution < 1.29 is 9.84 Å². The van der Waals surface area contributed by atoms with Gasteiger partial charge in [-0.3, -0.25) is 4.90 Å². The highest BCUT2D eigenvalue weighted by Gasteiger charge is 2.40. The Labute approximate surface area is 196 Å². The number of aromatic amines is 1. The first-order valence-electron chi connectivity index (χ1n) is 12.6. The second kappa shape index (κ2) is 8.37. The number of phenolic OH excluding ortho intramolecular Hbond substituents is 1. The molecule has 3 aromatic rings. The lowest BCUT2D eigenvalue weighted by atomic mass is 9.73. The lowest BCUT2D eigenvalue weighted by molar-refractivity contribution is 0.0433. The van der Waals surface area contributed by atoms with Crippen molar-refractivity contribution in [2.24, 2.45) is 11.8 Å². The normalized spacial score (nSPS) is 27.1. The third-order valence-corrected chi connectivity index (χ3v) is 8.59. The van der Waals surface area contributed by atoms with E-state index in [1.807, 2.05) is 6.07 Å². The van der Waals surface area contributed by atoms with Crippen LogP contribution in [0.1, 0.15) is 60.7 Å². The number of H-pyrrole nitrogens is 1. The highest BCUT2D eigenvalue weighted by molar-refractivity contribution is 5.85. The first-order chi connectivity index (χ1) is 16.2. The van der Waals surface area contributed by atoms with Gasteiger partial charge in [0.15, 0.2) is 11.5 Å². The summed E-state index contributed by atoms with van der Waals surface area (Å²) in [4.78, 5) is 6.45. The van der Waals surface area contributed by atoms with Crippen molar-refractivity contribution in [1.82, 2.24) is 15.2 Å². The zero-order valence-corrected chi connectivity index (χ0v) is 19.7. The minimum atomic E-state index is 0.265. The molecule has 0 saturated carbocycles. The number of nitrogens with one attached hydrogen (secondary N) is 2. The van der Waals surface area contributed by atoms with Gasteiger partial charge in [-0.25, -0.2) is 0 Å². The molecule has 5 nitrogen and oxygen atoms in total. The Morgan fingerprint density at radius 3 is 2.88 bits per heavy atom. The fourth-order valence-corrected chi connectivity index (χ4v) is 6.87. The third kappa shape index (κ3) is 3.53. The van der Waals surface area contributed by atoms with Gasteiger partial charge in [0.2, 0.25) is 0 Å². The van der Waals surface area contributed by atoms with Gasteiger partial charge in [0.1, 0.15) is 0 Å². The number of fused-ring (bicyclic) bond motifs is 6. The maximum Gasteiger partial charge on any atom is 0.160 e. The van der Waals surface area contributed by atoms with Crippen LogP contribution in [0.3, 0.4) is 0 Å². The van der Waals surface area contributed by atoms with E-state index in [0.29, 0.717) is 23.8 Å². The molecule has 0 radical (unpaired) electrons. The van der Waals surface area contributed by atoms with Crippen molar-refractivity contribution >= 4 is 10.9 Å². The molecule has 0 bridgehead atoms. The molecule has 2 aromatic carbocycles. The number of hydrogen-bond donors (Lipinski definition) is 3. The Morgan fingerprint density at radius 1 is 1.15 bits per heavy atom. The van der Waals surface area contributed by atoms with Crippen molar-refractivity contribution in [1.29, 1.82) is 0 Å². The molecule has 0 aliphatic carbocycles.